The molecule has 6 heteroatoms. The topological polar surface area (TPSA) is 83.5 Å². The van der Waals surface area contributed by atoms with Crippen LogP contribution in [0, 0.1) is 0 Å². The summed E-state index contributed by atoms with van der Waals surface area (Å²) in [5.74, 6) is -1.49. The van der Waals surface area contributed by atoms with E-state index in [4.69, 9.17) is 0 Å². The fourth-order valence-electron chi connectivity index (χ4n) is 1.22. The van der Waals surface area contributed by atoms with Crippen molar-refractivity contribution in [1.82, 2.24) is 15.7 Å². The van der Waals surface area contributed by atoms with Gasteiger partial charge in [-0.1, -0.05) is 12.1 Å². The van der Waals surface area contributed by atoms with E-state index >= 15 is 0 Å². The van der Waals surface area contributed by atoms with Crippen LogP contribution in [-0.4, -0.2) is 29.6 Å². The summed E-state index contributed by atoms with van der Waals surface area (Å²) in [6.45, 7) is 2.19. The Morgan fingerprint density at radius 3 is 2.95 bits per heavy atom. The van der Waals surface area contributed by atoms with Crippen LogP contribution in [0.4, 0.5) is 0 Å². The molecular weight excluding hydrogens is 244 g/mol. The molecule has 1 rings (SSSR count). The maximum absolute atomic E-state index is 11.4. The van der Waals surface area contributed by atoms with Gasteiger partial charge in [-0.05, 0) is 31.1 Å². The van der Waals surface area contributed by atoms with Crippen molar-refractivity contribution in [3.8, 4) is 0 Å². The summed E-state index contributed by atoms with van der Waals surface area (Å²) in [7, 11) is 0. The van der Waals surface area contributed by atoms with E-state index in [-0.39, 0.29) is 0 Å². The molecule has 0 radical (unpaired) electrons. The minimum absolute atomic E-state index is 0.372. The zero-order valence-corrected chi connectivity index (χ0v) is 10.7. The SMILES string of the molecule is C/C=C\C=NNC(=O)C(=O)NCCc1cccnc1. The summed E-state index contributed by atoms with van der Waals surface area (Å²) < 4.78 is 0. The van der Waals surface area contributed by atoms with E-state index in [1.807, 2.05) is 19.1 Å². The first-order chi connectivity index (χ1) is 9.24. The molecule has 0 aromatic carbocycles. The number of allylic oxidation sites excluding steroid dienone is 2. The van der Waals surface area contributed by atoms with Crippen molar-refractivity contribution < 1.29 is 9.59 Å². The van der Waals surface area contributed by atoms with Gasteiger partial charge in [0.25, 0.3) is 0 Å². The Kier molecular flexibility index (Phi) is 6.57. The molecule has 0 spiro atoms. The number of carbonyl (C=O) groups excluding carboxylic acids is 2. The lowest BCUT2D eigenvalue weighted by molar-refractivity contribution is -0.139. The van der Waals surface area contributed by atoms with Crippen molar-refractivity contribution in [3.63, 3.8) is 0 Å². The van der Waals surface area contributed by atoms with Crippen LogP contribution >= 0.6 is 0 Å². The quantitative estimate of drug-likeness (QED) is 0.457. The molecular formula is C13H16N4O2. The van der Waals surface area contributed by atoms with Gasteiger partial charge >= 0.3 is 11.8 Å². The summed E-state index contributed by atoms with van der Waals surface area (Å²) in [6.07, 6.45) is 8.80. The van der Waals surface area contributed by atoms with Crippen molar-refractivity contribution in [3.05, 3.63) is 42.2 Å². The Labute approximate surface area is 111 Å². The third-order valence-electron chi connectivity index (χ3n) is 2.15. The summed E-state index contributed by atoms with van der Waals surface area (Å²) in [6, 6.07) is 3.72. The predicted octanol–water partition coefficient (Wildman–Crippen LogP) is 0.418. The number of pyridine rings is 1. The van der Waals surface area contributed by atoms with Gasteiger partial charge < -0.3 is 5.32 Å². The predicted molar refractivity (Wildman–Crippen MR) is 72.4 cm³/mol. The minimum atomic E-state index is -0.785. The number of nitrogens with zero attached hydrogens (tertiary/aromatic N) is 2. The number of amides is 2. The van der Waals surface area contributed by atoms with E-state index in [0.29, 0.717) is 13.0 Å². The first-order valence-electron chi connectivity index (χ1n) is 5.85. The van der Waals surface area contributed by atoms with Gasteiger partial charge in [0.15, 0.2) is 0 Å². The molecule has 1 aromatic rings. The van der Waals surface area contributed by atoms with Crippen LogP contribution in [0.3, 0.4) is 0 Å². The summed E-state index contributed by atoms with van der Waals surface area (Å²) >= 11 is 0. The van der Waals surface area contributed by atoms with Gasteiger partial charge in [-0.2, -0.15) is 5.10 Å². The van der Waals surface area contributed by atoms with Gasteiger partial charge in [0.05, 0.1) is 0 Å². The second-order valence-electron chi connectivity index (χ2n) is 3.61. The lowest BCUT2D eigenvalue weighted by Crippen LogP contribution is -2.38. The monoisotopic (exact) mass is 260 g/mol. The van der Waals surface area contributed by atoms with Crippen LogP contribution in [0.1, 0.15) is 12.5 Å². The van der Waals surface area contributed by atoms with Crippen molar-refractivity contribution in [2.24, 2.45) is 5.10 Å². The maximum atomic E-state index is 11.4. The minimum Gasteiger partial charge on any atom is -0.347 e. The Morgan fingerprint density at radius 2 is 2.26 bits per heavy atom. The fourth-order valence-corrected chi connectivity index (χ4v) is 1.22. The average Bonchev–Trinajstić information content (AvgIpc) is 2.44. The van der Waals surface area contributed by atoms with E-state index in [2.05, 4.69) is 20.8 Å². The van der Waals surface area contributed by atoms with Gasteiger partial charge in [-0.3, -0.25) is 14.6 Å². The van der Waals surface area contributed by atoms with Crippen molar-refractivity contribution >= 4 is 18.0 Å². The molecule has 2 N–H and O–H groups in total. The standard InChI is InChI=1S/C13H16N4O2/c1-2-3-8-16-17-13(19)12(18)15-9-6-11-5-4-7-14-10-11/h2-5,7-8,10H,6,9H2,1H3,(H,15,18)(H,17,19)/b3-2-,16-8?. The number of hydrogen-bond donors (Lipinski definition) is 2. The van der Waals surface area contributed by atoms with Crippen LogP contribution in [0.2, 0.25) is 0 Å². The van der Waals surface area contributed by atoms with E-state index in [1.165, 1.54) is 6.21 Å². The van der Waals surface area contributed by atoms with E-state index in [0.717, 1.165) is 5.56 Å². The smallest absolute Gasteiger partial charge is 0.329 e. The van der Waals surface area contributed by atoms with Crippen molar-refractivity contribution in [2.45, 2.75) is 13.3 Å². The number of carbonyl (C=O) groups is 2. The second kappa shape index (κ2) is 8.57. The number of hydrogen-bond acceptors (Lipinski definition) is 4. The first-order valence-corrected chi connectivity index (χ1v) is 5.85. The zero-order chi connectivity index (χ0) is 13.9. The lowest BCUT2D eigenvalue weighted by Gasteiger charge is -2.03. The summed E-state index contributed by atoms with van der Waals surface area (Å²) in [4.78, 5) is 26.6. The number of rotatable bonds is 5. The Morgan fingerprint density at radius 1 is 1.42 bits per heavy atom. The molecule has 0 fully saturated rings. The molecule has 1 aromatic heterocycles. The second-order valence-corrected chi connectivity index (χ2v) is 3.61. The van der Waals surface area contributed by atoms with Crippen molar-refractivity contribution in [2.75, 3.05) is 6.54 Å². The van der Waals surface area contributed by atoms with Gasteiger partial charge in [0.1, 0.15) is 0 Å². The third kappa shape index (κ3) is 6.11. The van der Waals surface area contributed by atoms with E-state index in [1.54, 1.807) is 24.5 Å². The lowest BCUT2D eigenvalue weighted by atomic mass is 10.2. The van der Waals surface area contributed by atoms with E-state index in [9.17, 15) is 9.59 Å². The fraction of sp³-hybridized carbons (Fsp3) is 0.231. The molecule has 0 saturated heterocycles. The van der Waals surface area contributed by atoms with Crippen LogP contribution < -0.4 is 10.7 Å². The van der Waals surface area contributed by atoms with Crippen molar-refractivity contribution in [1.29, 1.82) is 0 Å². The van der Waals surface area contributed by atoms with Gasteiger partial charge in [-0.25, -0.2) is 5.43 Å². The Hall–Kier alpha value is -2.50. The maximum Gasteiger partial charge on any atom is 0.329 e. The normalized spacial score (nSPS) is 10.8. The molecule has 0 saturated carbocycles. The highest BCUT2D eigenvalue weighted by Gasteiger charge is 2.11. The highest BCUT2D eigenvalue weighted by Crippen LogP contribution is 1.95. The molecule has 2 amide bonds. The van der Waals surface area contributed by atoms with Gasteiger partial charge in [0.2, 0.25) is 0 Å². The largest absolute Gasteiger partial charge is 0.347 e. The molecule has 0 aliphatic carbocycles. The molecule has 0 aliphatic rings. The molecule has 6 nitrogen and oxygen atoms in total. The third-order valence-corrected chi connectivity index (χ3v) is 2.15. The van der Waals surface area contributed by atoms with Crippen LogP contribution in [0.5, 0.6) is 0 Å². The molecule has 0 unspecified atom stereocenters. The molecule has 100 valence electrons. The van der Waals surface area contributed by atoms with Crippen LogP contribution in [-0.2, 0) is 16.0 Å². The summed E-state index contributed by atoms with van der Waals surface area (Å²) in [5.41, 5.74) is 3.12. The van der Waals surface area contributed by atoms with E-state index < -0.39 is 11.8 Å². The van der Waals surface area contributed by atoms with Gasteiger partial charge in [-0.15, -0.1) is 0 Å². The molecule has 1 heterocycles. The number of aromatic nitrogens is 1. The molecule has 19 heavy (non-hydrogen) atoms. The number of hydrazone groups is 1. The molecule has 0 aliphatic heterocycles. The number of nitrogens with one attached hydrogen (secondary N) is 2. The van der Waals surface area contributed by atoms with Gasteiger partial charge in [0, 0.05) is 25.2 Å². The highest BCUT2D eigenvalue weighted by molar-refractivity contribution is 6.35. The average molecular weight is 260 g/mol. The summed E-state index contributed by atoms with van der Waals surface area (Å²) in [5, 5.41) is 6.07. The molecule has 0 atom stereocenters. The Balaban J connectivity index is 2.25. The van der Waals surface area contributed by atoms with Crippen LogP contribution in [0.25, 0.3) is 0 Å². The zero-order valence-electron chi connectivity index (χ0n) is 10.7. The van der Waals surface area contributed by atoms with Crippen LogP contribution in [0.15, 0.2) is 41.8 Å². The highest BCUT2D eigenvalue weighted by atomic mass is 16.2. The first kappa shape index (κ1) is 14.6. The molecule has 0 bridgehead atoms. The Bertz CT molecular complexity index is 469.